The van der Waals surface area contributed by atoms with E-state index in [0.29, 0.717) is 32.1 Å². The van der Waals surface area contributed by atoms with E-state index in [4.69, 9.17) is 0 Å². The molecule has 1 rings (SSSR count). The second-order valence-electron chi connectivity index (χ2n) is 3.44. The molecule has 0 N–H and O–H groups in total. The van der Waals surface area contributed by atoms with E-state index >= 15 is 0 Å². The molecule has 0 radical (unpaired) electrons. The first kappa shape index (κ1) is 8.69. The summed E-state index contributed by atoms with van der Waals surface area (Å²) in [5.41, 5.74) is -1.01. The molecule has 1 nitrogen and oxygen atoms in total. The average molecular weight is 158 g/mol. The predicted octanol–water partition coefficient (Wildman–Crippen LogP) is 2.64. The maximum atomic E-state index is 13.6. The Morgan fingerprint density at radius 2 is 2.00 bits per heavy atom. The fourth-order valence-corrected chi connectivity index (χ4v) is 1.67. The summed E-state index contributed by atoms with van der Waals surface area (Å²) in [6.45, 7) is 1.98. The van der Waals surface area contributed by atoms with E-state index < -0.39 is 5.67 Å². The van der Waals surface area contributed by atoms with Gasteiger partial charge in [-0.15, -0.1) is 0 Å². The highest BCUT2D eigenvalue weighted by Gasteiger charge is 2.33. The largest absolute Gasteiger partial charge is 0.300 e. The molecular formula is C9H15FO. The van der Waals surface area contributed by atoms with Crippen LogP contribution < -0.4 is 0 Å². The lowest BCUT2D eigenvalue weighted by Gasteiger charge is -2.28. The van der Waals surface area contributed by atoms with E-state index in [0.717, 1.165) is 6.42 Å². The van der Waals surface area contributed by atoms with Crippen molar-refractivity contribution < 1.29 is 9.18 Å². The molecular weight excluding hydrogens is 143 g/mol. The van der Waals surface area contributed by atoms with E-state index in [9.17, 15) is 9.18 Å². The van der Waals surface area contributed by atoms with Gasteiger partial charge >= 0.3 is 0 Å². The molecule has 0 atom stereocenters. The van der Waals surface area contributed by atoms with Crippen LogP contribution in [0.1, 0.15) is 45.4 Å². The van der Waals surface area contributed by atoms with Crippen LogP contribution in [0.3, 0.4) is 0 Å². The number of hydrogen-bond donors (Lipinski definition) is 0. The summed E-state index contributed by atoms with van der Waals surface area (Å²) in [6, 6.07) is 0. The maximum Gasteiger partial charge on any atom is 0.133 e. The monoisotopic (exact) mass is 158 g/mol. The standard InChI is InChI=1S/C9H15FO/c1-2-5-9(10)6-3-8(11)4-7-9/h2-7H2,1H3. The van der Waals surface area contributed by atoms with Gasteiger partial charge in [-0.25, -0.2) is 4.39 Å². The fourth-order valence-electron chi connectivity index (χ4n) is 1.67. The summed E-state index contributed by atoms with van der Waals surface area (Å²) in [6.07, 6.45) is 3.33. The molecule has 0 aromatic carbocycles. The van der Waals surface area contributed by atoms with Gasteiger partial charge in [0.25, 0.3) is 0 Å². The highest BCUT2D eigenvalue weighted by atomic mass is 19.1. The van der Waals surface area contributed by atoms with Gasteiger partial charge in [-0.05, 0) is 19.3 Å². The minimum atomic E-state index is -1.01. The zero-order chi connectivity index (χ0) is 8.32. The Morgan fingerprint density at radius 3 is 2.45 bits per heavy atom. The van der Waals surface area contributed by atoms with E-state index in [1.165, 1.54) is 0 Å². The molecule has 1 aliphatic rings. The van der Waals surface area contributed by atoms with E-state index in [1.54, 1.807) is 0 Å². The lowest BCUT2D eigenvalue weighted by atomic mass is 9.83. The number of carbonyl (C=O) groups excluding carboxylic acids is 1. The molecule has 64 valence electrons. The predicted molar refractivity (Wildman–Crippen MR) is 42.2 cm³/mol. The van der Waals surface area contributed by atoms with Crippen molar-refractivity contribution in [3.05, 3.63) is 0 Å². The van der Waals surface area contributed by atoms with Crippen LogP contribution in [0.5, 0.6) is 0 Å². The average Bonchev–Trinajstić information content (AvgIpc) is 1.97. The van der Waals surface area contributed by atoms with Crippen molar-refractivity contribution in [2.75, 3.05) is 0 Å². The molecule has 0 spiro atoms. The highest BCUT2D eigenvalue weighted by Crippen LogP contribution is 2.33. The van der Waals surface area contributed by atoms with Gasteiger partial charge in [-0.2, -0.15) is 0 Å². The third kappa shape index (κ3) is 2.28. The van der Waals surface area contributed by atoms with Gasteiger partial charge in [0.15, 0.2) is 0 Å². The molecule has 0 aromatic heterocycles. The molecule has 0 aromatic rings. The van der Waals surface area contributed by atoms with Gasteiger partial charge in [-0.3, -0.25) is 4.79 Å². The Morgan fingerprint density at radius 1 is 1.45 bits per heavy atom. The third-order valence-electron chi connectivity index (χ3n) is 2.40. The minimum Gasteiger partial charge on any atom is -0.300 e. The van der Waals surface area contributed by atoms with Gasteiger partial charge in [0.2, 0.25) is 0 Å². The smallest absolute Gasteiger partial charge is 0.133 e. The Balaban J connectivity index is 2.41. The molecule has 1 fully saturated rings. The number of carbonyl (C=O) groups is 1. The Labute approximate surface area is 67.0 Å². The van der Waals surface area contributed by atoms with E-state index in [1.807, 2.05) is 6.92 Å². The van der Waals surface area contributed by atoms with Crippen molar-refractivity contribution in [3.8, 4) is 0 Å². The second-order valence-corrected chi connectivity index (χ2v) is 3.44. The first-order chi connectivity index (χ1) is 5.16. The zero-order valence-electron chi connectivity index (χ0n) is 7.03. The Bertz CT molecular complexity index is 144. The summed E-state index contributed by atoms with van der Waals surface area (Å²) in [4.78, 5) is 10.8. The SMILES string of the molecule is CCCC1(F)CCC(=O)CC1. The minimum absolute atomic E-state index is 0.231. The van der Waals surface area contributed by atoms with Crippen molar-refractivity contribution >= 4 is 5.78 Å². The molecule has 0 unspecified atom stereocenters. The second kappa shape index (κ2) is 3.33. The van der Waals surface area contributed by atoms with Crippen molar-refractivity contribution in [2.45, 2.75) is 51.1 Å². The normalized spacial score (nSPS) is 23.6. The number of Topliss-reactive ketones (excluding diaryl/α,β-unsaturated/α-hetero) is 1. The summed E-state index contributed by atoms with van der Waals surface area (Å²) in [5, 5.41) is 0. The van der Waals surface area contributed by atoms with Crippen molar-refractivity contribution in [1.29, 1.82) is 0 Å². The van der Waals surface area contributed by atoms with Crippen LogP contribution >= 0.6 is 0 Å². The molecule has 1 aliphatic carbocycles. The molecule has 0 bridgehead atoms. The molecule has 2 heteroatoms. The van der Waals surface area contributed by atoms with Gasteiger partial charge < -0.3 is 0 Å². The van der Waals surface area contributed by atoms with Crippen LogP contribution in [0, 0.1) is 0 Å². The van der Waals surface area contributed by atoms with Crippen molar-refractivity contribution in [3.63, 3.8) is 0 Å². The number of halogens is 1. The van der Waals surface area contributed by atoms with Crippen LogP contribution in [-0.2, 0) is 4.79 Å². The van der Waals surface area contributed by atoms with Gasteiger partial charge in [-0.1, -0.05) is 13.3 Å². The van der Waals surface area contributed by atoms with Crippen LogP contribution in [0.2, 0.25) is 0 Å². The molecule has 0 heterocycles. The quantitative estimate of drug-likeness (QED) is 0.603. The summed E-state index contributed by atoms with van der Waals surface area (Å²) < 4.78 is 13.6. The van der Waals surface area contributed by atoms with Crippen molar-refractivity contribution in [1.82, 2.24) is 0 Å². The molecule has 0 amide bonds. The fraction of sp³-hybridized carbons (Fsp3) is 0.889. The van der Waals surface area contributed by atoms with Gasteiger partial charge in [0.1, 0.15) is 11.5 Å². The van der Waals surface area contributed by atoms with E-state index in [-0.39, 0.29) is 5.78 Å². The third-order valence-corrected chi connectivity index (χ3v) is 2.40. The Kier molecular flexibility index (Phi) is 2.63. The number of alkyl halides is 1. The number of ketones is 1. The van der Waals surface area contributed by atoms with Crippen molar-refractivity contribution in [2.24, 2.45) is 0 Å². The number of hydrogen-bond acceptors (Lipinski definition) is 1. The summed E-state index contributed by atoms with van der Waals surface area (Å²) >= 11 is 0. The maximum absolute atomic E-state index is 13.6. The topological polar surface area (TPSA) is 17.1 Å². The van der Waals surface area contributed by atoms with E-state index in [2.05, 4.69) is 0 Å². The lowest BCUT2D eigenvalue weighted by Crippen LogP contribution is -2.29. The lowest BCUT2D eigenvalue weighted by molar-refractivity contribution is -0.123. The zero-order valence-corrected chi connectivity index (χ0v) is 7.03. The first-order valence-corrected chi connectivity index (χ1v) is 4.37. The van der Waals surface area contributed by atoms with Crippen LogP contribution in [-0.4, -0.2) is 11.5 Å². The highest BCUT2D eigenvalue weighted by molar-refractivity contribution is 5.79. The Hall–Kier alpha value is -0.400. The van der Waals surface area contributed by atoms with Crippen LogP contribution in [0.15, 0.2) is 0 Å². The first-order valence-electron chi connectivity index (χ1n) is 4.37. The van der Waals surface area contributed by atoms with Gasteiger partial charge in [0, 0.05) is 12.8 Å². The molecule has 1 saturated carbocycles. The van der Waals surface area contributed by atoms with Crippen LogP contribution in [0.25, 0.3) is 0 Å². The van der Waals surface area contributed by atoms with Gasteiger partial charge in [0.05, 0.1) is 0 Å². The molecule has 11 heavy (non-hydrogen) atoms. The molecule has 0 aliphatic heterocycles. The van der Waals surface area contributed by atoms with Crippen LogP contribution in [0.4, 0.5) is 4.39 Å². The molecule has 0 saturated heterocycles. The number of rotatable bonds is 2. The summed E-state index contributed by atoms with van der Waals surface area (Å²) in [5.74, 6) is 0.231. The summed E-state index contributed by atoms with van der Waals surface area (Å²) in [7, 11) is 0.